The van der Waals surface area contributed by atoms with Crippen LogP contribution in [0.4, 0.5) is 0 Å². The predicted molar refractivity (Wildman–Crippen MR) is 131 cm³/mol. The first-order chi connectivity index (χ1) is 17.1. The van der Waals surface area contributed by atoms with Crippen LogP contribution in [-0.2, 0) is 33.4 Å². The van der Waals surface area contributed by atoms with Gasteiger partial charge in [0.1, 0.15) is 24.1 Å². The number of aliphatic hydroxyl groups excluding tert-OH is 1. The molecule has 3 aliphatic heterocycles. The molecule has 3 heterocycles. The lowest BCUT2D eigenvalue weighted by molar-refractivity contribution is -0.145. The first-order valence-electron chi connectivity index (χ1n) is 12.9. The molecule has 0 bridgehead atoms. The van der Waals surface area contributed by atoms with E-state index in [-0.39, 0.29) is 48.1 Å². The van der Waals surface area contributed by atoms with Crippen LogP contribution in [0.5, 0.6) is 0 Å². The van der Waals surface area contributed by atoms with E-state index in [0.29, 0.717) is 44.1 Å². The summed E-state index contributed by atoms with van der Waals surface area (Å²) in [4.78, 5) is 48.8. The Morgan fingerprint density at radius 3 is 2.61 bits per heavy atom. The number of aliphatic hydroxyl groups is 1. The molecule has 0 radical (unpaired) electrons. The fraction of sp³-hybridized carbons (Fsp3) is 0.704. The van der Waals surface area contributed by atoms with Crippen molar-refractivity contribution in [2.24, 2.45) is 17.8 Å². The van der Waals surface area contributed by atoms with Crippen molar-refractivity contribution in [2.45, 2.75) is 96.2 Å². The summed E-state index contributed by atoms with van der Waals surface area (Å²) in [6.45, 7) is 5.39. The molecule has 0 aromatic heterocycles. The van der Waals surface area contributed by atoms with Gasteiger partial charge in [-0.05, 0) is 44.1 Å². The Morgan fingerprint density at radius 2 is 1.94 bits per heavy atom. The number of methoxy groups -OCH3 is 1. The average Bonchev–Trinajstić information content (AvgIpc) is 3.58. The molecule has 2 unspecified atom stereocenters. The zero-order valence-electron chi connectivity index (χ0n) is 21.6. The number of Topliss-reactive ketones (excluding diaryl/α,β-unsaturated/α-hetero) is 1. The van der Waals surface area contributed by atoms with Gasteiger partial charge in [-0.1, -0.05) is 26.0 Å². The number of carbonyl (C=O) groups is 4. The molecule has 0 aromatic carbocycles. The van der Waals surface area contributed by atoms with E-state index >= 15 is 0 Å². The van der Waals surface area contributed by atoms with Gasteiger partial charge in [-0.25, -0.2) is 4.79 Å². The SMILES string of the molecule is CO[C@H]1C2OC2CC/C=C/C(=O)O[C@H]([C@H](C)C(=O)CCCC2CC(=O)NC(=O)C2)/C(C)=C\[C@@H](C)[C@@H]1O. The summed E-state index contributed by atoms with van der Waals surface area (Å²) >= 11 is 0. The maximum atomic E-state index is 13.1. The molecule has 0 aliphatic carbocycles. The highest BCUT2D eigenvalue weighted by Gasteiger charge is 2.48. The van der Waals surface area contributed by atoms with E-state index in [0.717, 1.165) is 0 Å². The van der Waals surface area contributed by atoms with Gasteiger partial charge in [0, 0.05) is 38.4 Å². The molecule has 2 fully saturated rings. The van der Waals surface area contributed by atoms with E-state index in [2.05, 4.69) is 5.32 Å². The second kappa shape index (κ2) is 12.7. The van der Waals surface area contributed by atoms with Crippen LogP contribution in [0.1, 0.15) is 65.7 Å². The molecule has 36 heavy (non-hydrogen) atoms. The highest BCUT2D eigenvalue weighted by atomic mass is 16.6. The smallest absolute Gasteiger partial charge is 0.331 e. The van der Waals surface area contributed by atoms with Crippen molar-refractivity contribution in [1.82, 2.24) is 5.32 Å². The van der Waals surface area contributed by atoms with Gasteiger partial charge in [-0.15, -0.1) is 0 Å². The van der Waals surface area contributed by atoms with Gasteiger partial charge in [0.05, 0.1) is 18.1 Å². The van der Waals surface area contributed by atoms with E-state index in [1.165, 1.54) is 6.08 Å². The standard InChI is InChI=1S/C27H39NO8/c1-15-12-16(2)25(17(3)19(29)9-7-8-18-13-21(30)28-22(31)14-18)36-23(32)11-6-5-10-20-26(35-20)27(34-4)24(15)33/h6,11-12,15,17-18,20,24-27,33H,5,7-10,13-14H2,1-4H3,(H,28,30,31)/b11-6+,16-12-/t15-,17-,20?,24+,25+,26?,27-/m1/s1. The lowest BCUT2D eigenvalue weighted by atomic mass is 9.86. The molecule has 2 saturated heterocycles. The van der Waals surface area contributed by atoms with Crippen LogP contribution in [-0.4, -0.2) is 66.3 Å². The van der Waals surface area contributed by atoms with Gasteiger partial charge in [0.2, 0.25) is 11.8 Å². The van der Waals surface area contributed by atoms with Crippen LogP contribution in [0, 0.1) is 17.8 Å². The average molecular weight is 506 g/mol. The normalized spacial score (nSPS) is 35.4. The number of amides is 2. The fourth-order valence-electron chi connectivity index (χ4n) is 5.27. The Hall–Kier alpha value is -2.36. The summed E-state index contributed by atoms with van der Waals surface area (Å²) in [6, 6.07) is 0. The minimum absolute atomic E-state index is 0.0167. The summed E-state index contributed by atoms with van der Waals surface area (Å²) in [5.74, 6) is -2.10. The number of esters is 1. The number of carbonyl (C=O) groups excluding carboxylic acids is 4. The van der Waals surface area contributed by atoms with Gasteiger partial charge < -0.3 is 19.3 Å². The number of fused-ring (bicyclic) bond motifs is 1. The van der Waals surface area contributed by atoms with Crippen LogP contribution in [0.2, 0.25) is 0 Å². The van der Waals surface area contributed by atoms with E-state index in [1.807, 2.05) is 13.0 Å². The minimum atomic E-state index is -0.823. The minimum Gasteiger partial charge on any atom is -0.454 e. The van der Waals surface area contributed by atoms with Gasteiger partial charge >= 0.3 is 5.97 Å². The van der Waals surface area contributed by atoms with Gasteiger partial charge in [0.25, 0.3) is 0 Å². The van der Waals surface area contributed by atoms with Crippen LogP contribution in [0.25, 0.3) is 0 Å². The molecule has 200 valence electrons. The molecule has 2 amide bonds. The fourth-order valence-corrected chi connectivity index (χ4v) is 5.27. The number of epoxide rings is 1. The first-order valence-corrected chi connectivity index (χ1v) is 12.9. The molecule has 3 rings (SSSR count). The van der Waals surface area contributed by atoms with E-state index in [9.17, 15) is 24.3 Å². The molecule has 0 saturated carbocycles. The number of imide groups is 1. The van der Waals surface area contributed by atoms with Crippen LogP contribution in [0.3, 0.4) is 0 Å². The third kappa shape index (κ3) is 7.57. The highest BCUT2D eigenvalue weighted by molar-refractivity contribution is 5.97. The second-order valence-corrected chi connectivity index (χ2v) is 10.3. The molecule has 3 aliphatic rings. The zero-order chi connectivity index (χ0) is 26.4. The van der Waals surface area contributed by atoms with E-state index < -0.39 is 30.2 Å². The lowest BCUT2D eigenvalue weighted by Crippen LogP contribution is -2.39. The van der Waals surface area contributed by atoms with Crippen LogP contribution in [0.15, 0.2) is 23.8 Å². The highest BCUT2D eigenvalue weighted by Crippen LogP contribution is 2.35. The van der Waals surface area contributed by atoms with Crippen molar-refractivity contribution < 1.29 is 38.5 Å². The third-order valence-corrected chi connectivity index (χ3v) is 7.41. The lowest BCUT2D eigenvalue weighted by Gasteiger charge is -2.28. The molecule has 7 atom stereocenters. The number of cyclic esters (lactones) is 1. The first kappa shape index (κ1) is 28.2. The Bertz CT molecular complexity index is 880. The van der Waals surface area contributed by atoms with Crippen LogP contribution < -0.4 is 5.32 Å². The maximum absolute atomic E-state index is 13.1. The van der Waals surface area contributed by atoms with Gasteiger partial charge in [-0.2, -0.15) is 0 Å². The Balaban J connectivity index is 1.68. The zero-order valence-corrected chi connectivity index (χ0v) is 21.6. The Labute approximate surface area is 212 Å². The summed E-state index contributed by atoms with van der Waals surface area (Å²) in [5.41, 5.74) is 0.680. The molecular formula is C27H39NO8. The van der Waals surface area contributed by atoms with Crippen molar-refractivity contribution in [3.8, 4) is 0 Å². The number of piperidine rings is 1. The summed E-state index contributed by atoms with van der Waals surface area (Å²) in [5, 5.41) is 13.2. The molecular weight excluding hydrogens is 466 g/mol. The molecule has 0 aromatic rings. The summed E-state index contributed by atoms with van der Waals surface area (Å²) in [6.07, 6.45) is 5.98. The number of ether oxygens (including phenoxy) is 3. The summed E-state index contributed by atoms with van der Waals surface area (Å²) in [7, 11) is 1.56. The Morgan fingerprint density at radius 1 is 1.25 bits per heavy atom. The summed E-state index contributed by atoms with van der Waals surface area (Å²) < 4.78 is 17.0. The van der Waals surface area contributed by atoms with Crippen molar-refractivity contribution in [1.29, 1.82) is 0 Å². The van der Waals surface area contributed by atoms with Gasteiger partial charge in [-0.3, -0.25) is 19.7 Å². The largest absolute Gasteiger partial charge is 0.454 e. The second-order valence-electron chi connectivity index (χ2n) is 10.3. The number of nitrogens with one attached hydrogen (secondary N) is 1. The molecule has 9 heteroatoms. The number of ketones is 1. The van der Waals surface area contributed by atoms with Crippen molar-refractivity contribution in [3.63, 3.8) is 0 Å². The predicted octanol–water partition coefficient (Wildman–Crippen LogP) is 2.40. The topological polar surface area (TPSA) is 132 Å². The monoisotopic (exact) mass is 505 g/mol. The van der Waals surface area contributed by atoms with Crippen molar-refractivity contribution in [2.75, 3.05) is 7.11 Å². The van der Waals surface area contributed by atoms with E-state index in [4.69, 9.17) is 14.2 Å². The maximum Gasteiger partial charge on any atom is 0.331 e. The number of hydrogen-bond donors (Lipinski definition) is 2. The van der Waals surface area contributed by atoms with Crippen LogP contribution >= 0.6 is 0 Å². The molecule has 0 spiro atoms. The Kier molecular flexibility index (Phi) is 9.99. The molecule has 2 N–H and O–H groups in total. The number of rotatable bonds is 7. The van der Waals surface area contributed by atoms with Crippen molar-refractivity contribution >= 4 is 23.6 Å². The molecule has 9 nitrogen and oxygen atoms in total. The number of allylic oxidation sites excluding steroid dienone is 1. The van der Waals surface area contributed by atoms with Crippen molar-refractivity contribution in [3.05, 3.63) is 23.8 Å². The van der Waals surface area contributed by atoms with E-state index in [1.54, 1.807) is 27.0 Å². The van der Waals surface area contributed by atoms with Gasteiger partial charge in [0.15, 0.2) is 0 Å². The third-order valence-electron chi connectivity index (χ3n) is 7.41. The quantitative estimate of drug-likeness (QED) is 0.233. The number of hydrogen-bond acceptors (Lipinski definition) is 8.